The summed E-state index contributed by atoms with van der Waals surface area (Å²) in [6.07, 6.45) is 0. The third-order valence-electron chi connectivity index (χ3n) is 0.350. The van der Waals surface area contributed by atoms with E-state index in [0.717, 1.165) is 3.33 Å². The molecule has 5 nitrogen and oxygen atoms in total. The summed E-state index contributed by atoms with van der Waals surface area (Å²) in [5.74, 6) is 9.95. The van der Waals surface area contributed by atoms with E-state index in [2.05, 4.69) is 3.07 Å². The van der Waals surface area contributed by atoms with Crippen LogP contribution in [0.1, 0.15) is 0 Å². The van der Waals surface area contributed by atoms with Crippen molar-refractivity contribution in [2.75, 3.05) is 7.11 Å². The molecule has 0 aliphatic heterocycles. The molecule has 0 aromatic carbocycles. The van der Waals surface area contributed by atoms with E-state index in [1.165, 1.54) is 7.11 Å². The van der Waals surface area contributed by atoms with E-state index in [4.69, 9.17) is 15.6 Å². The Morgan fingerprint density at radius 2 is 2.00 bits per heavy atom. The van der Waals surface area contributed by atoms with Crippen LogP contribution in [0.3, 0.4) is 0 Å². The molecule has 6 N–H and O–H groups in total. The number of hydrogen-bond acceptors (Lipinski definition) is 5. The van der Waals surface area contributed by atoms with Gasteiger partial charge in [-0.3, -0.25) is 0 Å². The van der Waals surface area contributed by atoms with Crippen molar-refractivity contribution in [2.45, 2.75) is 0 Å². The summed E-state index contributed by atoms with van der Waals surface area (Å²) >= 11 is -2.01. The number of hydrazine groups is 2. The fourth-order valence-electron chi connectivity index (χ4n) is 0.0797. The van der Waals surface area contributed by atoms with E-state index in [1.807, 2.05) is 0 Å². The Bertz CT molecular complexity index is 49.0. The SMILES string of the molecule is COI(N)N(N)N. The van der Waals surface area contributed by atoms with E-state index in [0.29, 0.717) is 0 Å². The Morgan fingerprint density at radius 3 is 2.00 bits per heavy atom. The van der Waals surface area contributed by atoms with Crippen LogP contribution in [-0.2, 0) is 3.07 Å². The molecular weight excluding hydrogens is 211 g/mol. The molecule has 0 saturated heterocycles. The monoisotopic (exact) mass is 220 g/mol. The number of nitrogens with two attached hydrogens (primary N) is 3. The maximum absolute atomic E-state index is 5.23. The third kappa shape index (κ3) is 3.14. The molecule has 0 amide bonds. The molecule has 0 heterocycles. The Balaban J connectivity index is 3.14. The molecule has 0 atom stereocenters. The van der Waals surface area contributed by atoms with Crippen molar-refractivity contribution < 1.29 is 3.07 Å². The number of nitrogens with zero attached hydrogens (tertiary/aromatic N) is 1. The molecule has 0 aliphatic rings. The van der Waals surface area contributed by atoms with Gasteiger partial charge in [-0.25, -0.2) is 0 Å². The van der Waals surface area contributed by atoms with Crippen LogP contribution in [0, 0.1) is 0 Å². The van der Waals surface area contributed by atoms with Gasteiger partial charge in [0, 0.05) is 0 Å². The average Bonchev–Trinajstić information content (AvgIpc) is 1.65. The van der Waals surface area contributed by atoms with E-state index in [-0.39, 0.29) is 0 Å². The van der Waals surface area contributed by atoms with Crippen LogP contribution in [0.25, 0.3) is 0 Å². The van der Waals surface area contributed by atoms with Crippen molar-refractivity contribution in [2.24, 2.45) is 15.6 Å². The molecule has 0 rings (SSSR count). The first kappa shape index (κ1) is 7.53. The second-order valence-corrected chi connectivity index (χ2v) is 4.21. The second-order valence-electron chi connectivity index (χ2n) is 0.754. The Kier molecular flexibility index (Phi) is 3.79. The molecule has 46 valence electrons. The third-order valence-corrected chi connectivity index (χ3v) is 2.35. The Hall–Kier alpha value is 0.530. The summed E-state index contributed by atoms with van der Waals surface area (Å²) in [6.45, 7) is 0. The van der Waals surface area contributed by atoms with E-state index >= 15 is 0 Å². The first-order chi connectivity index (χ1) is 3.18. The van der Waals surface area contributed by atoms with Crippen molar-refractivity contribution in [1.82, 2.24) is 3.33 Å². The standard InChI is InChI=1S/CH9IN4O/c1-7-2(3)6(4)5/h3-5H2,1H3. The molecule has 0 radical (unpaired) electrons. The fraction of sp³-hybridized carbons (Fsp3) is 1.00. The molecule has 0 unspecified atom stereocenters. The zero-order valence-corrected chi connectivity index (χ0v) is 6.12. The minimum atomic E-state index is -2.01. The van der Waals surface area contributed by atoms with Crippen LogP contribution < -0.4 is 15.6 Å². The fourth-order valence-corrected chi connectivity index (χ4v) is 0.535. The van der Waals surface area contributed by atoms with Crippen LogP contribution in [-0.4, -0.2) is 10.4 Å². The van der Waals surface area contributed by atoms with Gasteiger partial charge in [-0.2, -0.15) is 0 Å². The number of rotatable bonds is 2. The average molecular weight is 220 g/mol. The molecule has 7 heavy (non-hydrogen) atoms. The van der Waals surface area contributed by atoms with Crippen LogP contribution in [0.5, 0.6) is 0 Å². The van der Waals surface area contributed by atoms with Crippen LogP contribution >= 0.6 is 20.8 Å². The Morgan fingerprint density at radius 1 is 1.57 bits per heavy atom. The molecule has 0 fully saturated rings. The van der Waals surface area contributed by atoms with Gasteiger partial charge in [0.2, 0.25) is 0 Å². The predicted octanol–water partition coefficient (Wildman–Crippen LogP) is -1.11. The summed E-state index contributed by atoms with van der Waals surface area (Å²) in [5, 5.41) is 0. The van der Waals surface area contributed by atoms with Crippen LogP contribution in [0.15, 0.2) is 0 Å². The van der Waals surface area contributed by atoms with Gasteiger partial charge in [-0.1, -0.05) is 0 Å². The van der Waals surface area contributed by atoms with Crippen molar-refractivity contribution in [1.29, 1.82) is 0 Å². The zero-order chi connectivity index (χ0) is 5.86. The molecule has 0 bridgehead atoms. The summed E-state index contributed by atoms with van der Waals surface area (Å²) in [5.41, 5.74) is 0. The normalized spacial score (nSPS) is 12.4. The molecule has 0 aliphatic carbocycles. The Labute approximate surface area is 50.3 Å². The molecule has 0 saturated carbocycles. The van der Waals surface area contributed by atoms with E-state index in [1.54, 1.807) is 0 Å². The van der Waals surface area contributed by atoms with Gasteiger partial charge in [-0.05, 0) is 0 Å². The van der Waals surface area contributed by atoms with Crippen molar-refractivity contribution in [3.63, 3.8) is 0 Å². The van der Waals surface area contributed by atoms with Crippen molar-refractivity contribution in [3.05, 3.63) is 0 Å². The van der Waals surface area contributed by atoms with E-state index < -0.39 is 20.8 Å². The summed E-state index contributed by atoms with van der Waals surface area (Å²) in [7, 11) is 1.48. The van der Waals surface area contributed by atoms with Crippen molar-refractivity contribution in [3.8, 4) is 0 Å². The molecule has 0 aromatic rings. The molecular formula is CH9IN4O. The quantitative estimate of drug-likeness (QED) is 0.237. The summed E-state index contributed by atoms with van der Waals surface area (Å²) in [4.78, 5) is 0. The summed E-state index contributed by atoms with van der Waals surface area (Å²) in [6, 6.07) is 0. The first-order valence-corrected chi connectivity index (χ1v) is 4.56. The molecule has 6 heteroatoms. The van der Waals surface area contributed by atoms with Gasteiger partial charge in [0.25, 0.3) is 0 Å². The number of halogens is 1. The van der Waals surface area contributed by atoms with Crippen LogP contribution in [0.4, 0.5) is 0 Å². The topological polar surface area (TPSA) is 90.5 Å². The van der Waals surface area contributed by atoms with Gasteiger partial charge in [0.15, 0.2) is 0 Å². The number of hydrogen-bond donors (Lipinski definition) is 3. The van der Waals surface area contributed by atoms with Gasteiger partial charge in [0.1, 0.15) is 0 Å². The summed E-state index contributed by atoms with van der Waals surface area (Å²) < 4.78 is 10.8. The first-order valence-electron chi connectivity index (χ1n) is 1.47. The van der Waals surface area contributed by atoms with Gasteiger partial charge in [-0.15, -0.1) is 0 Å². The predicted molar refractivity (Wildman–Crippen MR) is 35.4 cm³/mol. The minimum absolute atomic E-state index is 0.934. The molecule has 0 spiro atoms. The van der Waals surface area contributed by atoms with Gasteiger partial charge in [0.05, 0.1) is 0 Å². The molecule has 0 aromatic heterocycles. The van der Waals surface area contributed by atoms with Crippen molar-refractivity contribution >= 4 is 20.8 Å². The second kappa shape index (κ2) is 3.52. The zero-order valence-electron chi connectivity index (χ0n) is 3.97. The maximum atomic E-state index is 5.23. The van der Waals surface area contributed by atoms with Gasteiger partial charge >= 0.3 is 49.9 Å². The van der Waals surface area contributed by atoms with Crippen LogP contribution in [0.2, 0.25) is 0 Å². The van der Waals surface area contributed by atoms with E-state index in [9.17, 15) is 0 Å². The van der Waals surface area contributed by atoms with Gasteiger partial charge < -0.3 is 0 Å².